The molecule has 1 aromatic carbocycles. The highest BCUT2D eigenvalue weighted by Gasteiger charge is 2.31. The van der Waals surface area contributed by atoms with Crippen LogP contribution in [0.5, 0.6) is 5.75 Å². The van der Waals surface area contributed by atoms with Gasteiger partial charge in [-0.1, -0.05) is 26.8 Å². The van der Waals surface area contributed by atoms with Crippen LogP contribution in [-0.4, -0.2) is 23.3 Å². The number of carboxylic acids is 1. The van der Waals surface area contributed by atoms with Gasteiger partial charge in [0.15, 0.2) is 0 Å². The second-order valence-electron chi connectivity index (χ2n) is 5.07. The third-order valence-corrected chi connectivity index (χ3v) is 3.42. The summed E-state index contributed by atoms with van der Waals surface area (Å²) in [4.78, 5) is 10.9. The molecule has 0 heterocycles. The van der Waals surface area contributed by atoms with Crippen LogP contribution in [0.1, 0.15) is 50.7 Å². The van der Waals surface area contributed by atoms with Crippen LogP contribution in [0.2, 0.25) is 0 Å². The topological polar surface area (TPSA) is 66.8 Å². The van der Waals surface area contributed by atoms with Gasteiger partial charge in [0.25, 0.3) is 0 Å². The third-order valence-electron chi connectivity index (χ3n) is 3.42. The molecule has 1 unspecified atom stereocenters. The Labute approximate surface area is 114 Å². The lowest BCUT2D eigenvalue weighted by molar-refractivity contribution is -0.143. The summed E-state index contributed by atoms with van der Waals surface area (Å²) in [5.41, 5.74) is 0.265. The smallest absolute Gasteiger partial charge is 0.306 e. The van der Waals surface area contributed by atoms with E-state index < -0.39 is 11.6 Å². The minimum absolute atomic E-state index is 0.237. The van der Waals surface area contributed by atoms with Gasteiger partial charge < -0.3 is 14.9 Å². The molecule has 0 aliphatic carbocycles. The molecule has 4 nitrogen and oxygen atoms in total. The largest absolute Gasteiger partial charge is 0.496 e. The van der Waals surface area contributed by atoms with Gasteiger partial charge in [-0.3, -0.25) is 4.79 Å². The quantitative estimate of drug-likeness (QED) is 0.830. The Morgan fingerprint density at radius 1 is 1.42 bits per heavy atom. The fraction of sp³-hybridized carbons (Fsp3) is 0.533. The van der Waals surface area contributed by atoms with Gasteiger partial charge in [-0.05, 0) is 35.6 Å². The first-order valence-corrected chi connectivity index (χ1v) is 6.46. The van der Waals surface area contributed by atoms with E-state index in [1.54, 1.807) is 26.2 Å². The summed E-state index contributed by atoms with van der Waals surface area (Å²) >= 11 is 0. The van der Waals surface area contributed by atoms with E-state index in [-0.39, 0.29) is 12.3 Å². The van der Waals surface area contributed by atoms with Crippen LogP contribution in [0.15, 0.2) is 18.2 Å². The van der Waals surface area contributed by atoms with Crippen molar-refractivity contribution in [3.8, 4) is 5.75 Å². The van der Waals surface area contributed by atoms with Gasteiger partial charge >= 0.3 is 5.97 Å². The Hall–Kier alpha value is -1.55. The van der Waals surface area contributed by atoms with E-state index in [9.17, 15) is 9.90 Å². The molecule has 0 bridgehead atoms. The zero-order valence-corrected chi connectivity index (χ0v) is 11.9. The lowest BCUT2D eigenvalue weighted by atomic mass is 9.85. The first kappa shape index (κ1) is 15.5. The van der Waals surface area contributed by atoms with E-state index in [0.29, 0.717) is 12.0 Å². The normalized spacial score (nSPS) is 14.2. The Morgan fingerprint density at radius 2 is 2.05 bits per heavy atom. The first-order valence-electron chi connectivity index (χ1n) is 6.46. The number of benzene rings is 1. The van der Waals surface area contributed by atoms with Crippen molar-refractivity contribution in [3.05, 3.63) is 29.3 Å². The molecule has 0 radical (unpaired) electrons. The highest BCUT2D eigenvalue weighted by Crippen LogP contribution is 2.34. The molecule has 1 aromatic rings. The fourth-order valence-corrected chi connectivity index (χ4v) is 2.16. The Morgan fingerprint density at radius 3 is 2.47 bits per heavy atom. The highest BCUT2D eigenvalue weighted by molar-refractivity contribution is 5.68. The van der Waals surface area contributed by atoms with Gasteiger partial charge in [0.05, 0.1) is 19.1 Å². The van der Waals surface area contributed by atoms with Crippen molar-refractivity contribution in [2.75, 3.05) is 7.11 Å². The number of carboxylic acid groups (broad SMARTS) is 1. The zero-order valence-electron chi connectivity index (χ0n) is 11.9. The minimum Gasteiger partial charge on any atom is -0.496 e. The molecule has 0 fully saturated rings. The molecule has 0 aliphatic heterocycles. The molecule has 0 amide bonds. The predicted molar refractivity (Wildman–Crippen MR) is 73.5 cm³/mol. The van der Waals surface area contributed by atoms with Crippen molar-refractivity contribution in [1.29, 1.82) is 0 Å². The van der Waals surface area contributed by atoms with Gasteiger partial charge in [0.2, 0.25) is 0 Å². The van der Waals surface area contributed by atoms with Crippen molar-refractivity contribution in [2.45, 2.75) is 45.1 Å². The summed E-state index contributed by atoms with van der Waals surface area (Å²) in [7, 11) is 1.60. The number of aliphatic hydroxyl groups is 1. The fourth-order valence-electron chi connectivity index (χ4n) is 2.16. The summed E-state index contributed by atoms with van der Waals surface area (Å²) in [6, 6.07) is 5.36. The van der Waals surface area contributed by atoms with E-state index in [1.165, 1.54) is 0 Å². The van der Waals surface area contributed by atoms with Crippen molar-refractivity contribution >= 4 is 5.97 Å². The van der Waals surface area contributed by atoms with Gasteiger partial charge in [0.1, 0.15) is 5.75 Å². The molecule has 19 heavy (non-hydrogen) atoms. The Bertz CT molecular complexity index is 453. The van der Waals surface area contributed by atoms with Crippen molar-refractivity contribution < 1.29 is 19.7 Å². The highest BCUT2D eigenvalue weighted by atomic mass is 16.5. The molecule has 0 aliphatic rings. The van der Waals surface area contributed by atoms with E-state index in [2.05, 4.69) is 0 Å². The summed E-state index contributed by atoms with van der Waals surface area (Å²) in [5, 5.41) is 19.4. The summed E-state index contributed by atoms with van der Waals surface area (Å²) in [6.45, 7) is 5.84. The molecule has 0 saturated carbocycles. The van der Waals surface area contributed by atoms with Gasteiger partial charge in [-0.25, -0.2) is 0 Å². The maximum atomic E-state index is 10.9. The minimum atomic E-state index is -1.33. The number of hydrogen-bond acceptors (Lipinski definition) is 3. The van der Waals surface area contributed by atoms with Crippen LogP contribution in [0.3, 0.4) is 0 Å². The number of hydrogen-bond donors (Lipinski definition) is 2. The number of aliphatic carboxylic acids is 1. The standard InChI is InChI=1S/C15H22O4/c1-5-15(18,9-14(16)17)11-6-7-13(19-4)12(8-11)10(2)3/h6-8,10,18H,5,9H2,1-4H3,(H,16,17). The van der Waals surface area contributed by atoms with Crippen molar-refractivity contribution in [2.24, 2.45) is 0 Å². The molecule has 1 rings (SSSR count). The lowest BCUT2D eigenvalue weighted by Gasteiger charge is -2.27. The van der Waals surface area contributed by atoms with Crippen LogP contribution in [0.4, 0.5) is 0 Å². The van der Waals surface area contributed by atoms with E-state index >= 15 is 0 Å². The van der Waals surface area contributed by atoms with Crippen molar-refractivity contribution in [1.82, 2.24) is 0 Å². The van der Waals surface area contributed by atoms with Gasteiger partial charge in [-0.2, -0.15) is 0 Å². The average Bonchev–Trinajstić information content (AvgIpc) is 2.36. The Balaban J connectivity index is 3.26. The molecule has 0 aromatic heterocycles. The molecule has 2 N–H and O–H groups in total. The SMILES string of the molecule is CCC(O)(CC(=O)O)c1ccc(OC)c(C(C)C)c1. The summed E-state index contributed by atoms with van der Waals surface area (Å²) < 4.78 is 5.29. The maximum absolute atomic E-state index is 10.9. The summed E-state index contributed by atoms with van der Waals surface area (Å²) in [5.74, 6) is -0.0142. The van der Waals surface area contributed by atoms with Crippen LogP contribution >= 0.6 is 0 Å². The van der Waals surface area contributed by atoms with E-state index in [1.807, 2.05) is 19.9 Å². The third kappa shape index (κ3) is 3.47. The van der Waals surface area contributed by atoms with Crippen molar-refractivity contribution in [3.63, 3.8) is 0 Å². The lowest BCUT2D eigenvalue weighted by Crippen LogP contribution is -2.28. The molecule has 1 atom stereocenters. The zero-order chi connectivity index (χ0) is 14.6. The van der Waals surface area contributed by atoms with E-state index in [0.717, 1.165) is 11.3 Å². The molecule has 0 spiro atoms. The first-order chi connectivity index (χ1) is 8.84. The number of ether oxygens (including phenoxy) is 1. The van der Waals surface area contributed by atoms with Crippen LogP contribution in [0, 0.1) is 0 Å². The Kier molecular flexibility index (Phi) is 4.95. The molecular weight excluding hydrogens is 244 g/mol. The molecule has 106 valence electrons. The van der Waals surface area contributed by atoms with Gasteiger partial charge in [0, 0.05) is 0 Å². The molecule has 0 saturated heterocycles. The number of rotatable bonds is 6. The van der Waals surface area contributed by atoms with Gasteiger partial charge in [-0.15, -0.1) is 0 Å². The predicted octanol–water partition coefficient (Wildman–Crippen LogP) is 2.89. The average molecular weight is 266 g/mol. The van der Waals surface area contributed by atoms with Crippen LogP contribution < -0.4 is 4.74 Å². The van der Waals surface area contributed by atoms with Crippen LogP contribution in [0.25, 0.3) is 0 Å². The van der Waals surface area contributed by atoms with Crippen LogP contribution in [-0.2, 0) is 10.4 Å². The maximum Gasteiger partial charge on any atom is 0.306 e. The molecular formula is C15H22O4. The second-order valence-corrected chi connectivity index (χ2v) is 5.07. The summed E-state index contributed by atoms with van der Waals surface area (Å²) in [6.07, 6.45) is 0.0521. The monoisotopic (exact) mass is 266 g/mol. The number of carbonyl (C=O) groups is 1. The second kappa shape index (κ2) is 6.06. The number of methoxy groups -OCH3 is 1. The molecule has 4 heteroatoms. The van der Waals surface area contributed by atoms with E-state index in [4.69, 9.17) is 9.84 Å².